The molecule has 8 nitrogen and oxygen atoms in total. The second-order valence-electron chi connectivity index (χ2n) is 7.89. The molecule has 29 heavy (non-hydrogen) atoms. The van der Waals surface area contributed by atoms with Gasteiger partial charge in [-0.1, -0.05) is 18.2 Å². The maximum atomic E-state index is 12.6. The van der Waals surface area contributed by atoms with Gasteiger partial charge in [-0.05, 0) is 32.4 Å². The summed E-state index contributed by atoms with van der Waals surface area (Å²) in [7, 11) is 1.93. The zero-order valence-electron chi connectivity index (χ0n) is 17.3. The molecule has 152 valence electrons. The van der Waals surface area contributed by atoms with Gasteiger partial charge in [-0.3, -0.25) is 9.69 Å². The second kappa shape index (κ2) is 7.79. The molecule has 4 rings (SSSR count). The first-order valence-electron chi connectivity index (χ1n) is 9.92. The van der Waals surface area contributed by atoms with Crippen molar-refractivity contribution in [2.75, 3.05) is 29.9 Å². The number of nitrogens with one attached hydrogen (secondary N) is 1. The largest absolute Gasteiger partial charge is 0.347 e. The number of piperazine rings is 1. The molecule has 1 saturated heterocycles. The van der Waals surface area contributed by atoms with Crippen molar-refractivity contribution in [1.82, 2.24) is 24.4 Å². The van der Waals surface area contributed by atoms with E-state index in [1.54, 1.807) is 12.7 Å². The molecule has 2 atom stereocenters. The quantitative estimate of drug-likeness (QED) is 0.732. The Balaban J connectivity index is 1.46. The molecule has 8 heteroatoms. The lowest BCUT2D eigenvalue weighted by Gasteiger charge is -2.44. The van der Waals surface area contributed by atoms with Crippen LogP contribution in [0.3, 0.4) is 0 Å². The predicted octanol–water partition coefficient (Wildman–Crippen LogP) is 2.21. The van der Waals surface area contributed by atoms with Gasteiger partial charge in [0.05, 0.1) is 12.9 Å². The predicted molar refractivity (Wildman–Crippen MR) is 114 cm³/mol. The van der Waals surface area contributed by atoms with Gasteiger partial charge in [0.1, 0.15) is 6.33 Å². The van der Waals surface area contributed by atoms with Crippen LogP contribution in [0.25, 0.3) is 11.2 Å². The van der Waals surface area contributed by atoms with E-state index in [4.69, 9.17) is 0 Å². The summed E-state index contributed by atoms with van der Waals surface area (Å²) >= 11 is 0. The highest BCUT2D eigenvalue weighted by atomic mass is 16.2. The van der Waals surface area contributed by atoms with Crippen LogP contribution in [-0.4, -0.2) is 62.0 Å². The number of aryl methyl sites for hydroxylation is 2. The van der Waals surface area contributed by atoms with Crippen molar-refractivity contribution in [2.24, 2.45) is 7.05 Å². The molecular formula is C21H27N7O. The number of aromatic nitrogens is 4. The maximum absolute atomic E-state index is 12.6. The number of nitrogens with zero attached hydrogens (tertiary/aromatic N) is 6. The summed E-state index contributed by atoms with van der Waals surface area (Å²) < 4.78 is 1.90. The maximum Gasteiger partial charge on any atom is 0.238 e. The summed E-state index contributed by atoms with van der Waals surface area (Å²) in [6, 6.07) is 8.24. The van der Waals surface area contributed by atoms with Crippen LogP contribution in [0.1, 0.15) is 19.4 Å². The van der Waals surface area contributed by atoms with E-state index in [0.29, 0.717) is 6.54 Å². The number of carbonyl (C=O) groups excluding carboxylic acids is 1. The van der Waals surface area contributed by atoms with Crippen LogP contribution in [0.4, 0.5) is 11.5 Å². The molecule has 1 aliphatic rings. The number of hydrogen-bond donors (Lipinski definition) is 1. The molecule has 1 aliphatic heterocycles. The number of imidazole rings is 1. The van der Waals surface area contributed by atoms with Crippen LogP contribution in [0.5, 0.6) is 0 Å². The molecule has 0 radical (unpaired) electrons. The number of anilines is 2. The third-order valence-corrected chi connectivity index (χ3v) is 5.50. The van der Waals surface area contributed by atoms with Crippen molar-refractivity contribution in [3.8, 4) is 0 Å². The third-order valence-electron chi connectivity index (χ3n) is 5.50. The fraction of sp³-hybridized carbons (Fsp3) is 0.429. The molecule has 0 saturated carbocycles. The molecule has 2 aromatic heterocycles. The van der Waals surface area contributed by atoms with Crippen molar-refractivity contribution < 1.29 is 4.79 Å². The first-order valence-corrected chi connectivity index (χ1v) is 9.92. The number of amides is 1. The average Bonchev–Trinajstić information content (AvgIpc) is 3.05. The number of hydrogen-bond acceptors (Lipinski definition) is 6. The molecule has 1 aromatic carbocycles. The summed E-state index contributed by atoms with van der Waals surface area (Å²) in [5.41, 5.74) is 3.58. The summed E-state index contributed by atoms with van der Waals surface area (Å²) in [5.74, 6) is 0.876. The SMILES string of the molecule is Cc1ccccc1NC(=O)CN1CC(C)N(c2ncnc3c2ncn3C)C(C)C1. The van der Waals surface area contributed by atoms with Crippen LogP contribution in [0, 0.1) is 6.92 Å². The van der Waals surface area contributed by atoms with Gasteiger partial charge in [0, 0.05) is 37.9 Å². The average molecular weight is 393 g/mol. The molecular weight excluding hydrogens is 366 g/mol. The van der Waals surface area contributed by atoms with E-state index < -0.39 is 0 Å². The van der Waals surface area contributed by atoms with Gasteiger partial charge in [-0.25, -0.2) is 15.0 Å². The highest BCUT2D eigenvalue weighted by molar-refractivity contribution is 5.93. The summed E-state index contributed by atoms with van der Waals surface area (Å²) in [5, 5.41) is 3.03. The minimum atomic E-state index is 0.0151. The first-order chi connectivity index (χ1) is 13.9. The van der Waals surface area contributed by atoms with Gasteiger partial charge in [0.15, 0.2) is 17.0 Å². The highest BCUT2D eigenvalue weighted by Crippen LogP contribution is 2.27. The zero-order valence-corrected chi connectivity index (χ0v) is 17.3. The van der Waals surface area contributed by atoms with E-state index >= 15 is 0 Å². The van der Waals surface area contributed by atoms with E-state index in [2.05, 4.69) is 43.9 Å². The van der Waals surface area contributed by atoms with Crippen molar-refractivity contribution in [2.45, 2.75) is 32.9 Å². The van der Waals surface area contributed by atoms with Crippen LogP contribution in [0.15, 0.2) is 36.9 Å². The van der Waals surface area contributed by atoms with E-state index in [9.17, 15) is 4.79 Å². The molecule has 3 heterocycles. The normalized spacial score (nSPS) is 20.2. The fourth-order valence-corrected chi connectivity index (χ4v) is 4.21. The van der Waals surface area contributed by atoms with Crippen molar-refractivity contribution in [3.05, 3.63) is 42.5 Å². The Bertz CT molecular complexity index is 1020. The Kier molecular flexibility index (Phi) is 5.19. The Hall–Kier alpha value is -3.00. The van der Waals surface area contributed by atoms with Crippen molar-refractivity contribution in [3.63, 3.8) is 0 Å². The van der Waals surface area contributed by atoms with Gasteiger partial charge in [0.25, 0.3) is 0 Å². The molecule has 0 aliphatic carbocycles. The number of carbonyl (C=O) groups is 1. The fourth-order valence-electron chi connectivity index (χ4n) is 4.21. The van der Waals surface area contributed by atoms with Crippen LogP contribution in [0.2, 0.25) is 0 Å². The minimum absolute atomic E-state index is 0.0151. The third kappa shape index (κ3) is 3.80. The van der Waals surface area contributed by atoms with E-state index in [0.717, 1.165) is 41.3 Å². The van der Waals surface area contributed by atoms with Gasteiger partial charge < -0.3 is 14.8 Å². The lowest BCUT2D eigenvalue weighted by molar-refractivity contribution is -0.117. The molecule has 1 amide bonds. The molecule has 1 fully saturated rings. The van der Waals surface area contributed by atoms with Gasteiger partial charge in [0.2, 0.25) is 5.91 Å². The van der Waals surface area contributed by atoms with E-state index in [1.807, 2.05) is 42.8 Å². The Morgan fingerprint density at radius 3 is 2.59 bits per heavy atom. The lowest BCUT2D eigenvalue weighted by atomic mass is 10.1. The van der Waals surface area contributed by atoms with Gasteiger partial charge >= 0.3 is 0 Å². The zero-order chi connectivity index (χ0) is 20.5. The smallest absolute Gasteiger partial charge is 0.238 e. The van der Waals surface area contributed by atoms with Crippen LogP contribution >= 0.6 is 0 Å². The number of rotatable bonds is 4. The molecule has 0 bridgehead atoms. The Morgan fingerprint density at radius 1 is 1.14 bits per heavy atom. The second-order valence-corrected chi connectivity index (χ2v) is 7.89. The molecule has 1 N–H and O–H groups in total. The van der Waals surface area contributed by atoms with E-state index in [-0.39, 0.29) is 18.0 Å². The number of benzene rings is 1. The first kappa shape index (κ1) is 19.3. The topological polar surface area (TPSA) is 79.2 Å². The van der Waals surface area contributed by atoms with Gasteiger partial charge in [-0.2, -0.15) is 0 Å². The monoisotopic (exact) mass is 393 g/mol. The summed E-state index contributed by atoms with van der Waals surface area (Å²) in [6.07, 6.45) is 3.37. The van der Waals surface area contributed by atoms with Crippen molar-refractivity contribution >= 4 is 28.6 Å². The Labute approximate surface area is 170 Å². The summed E-state index contributed by atoms with van der Waals surface area (Å²) in [4.78, 5) is 30.5. The number of para-hydroxylation sites is 1. The Morgan fingerprint density at radius 2 is 1.86 bits per heavy atom. The van der Waals surface area contributed by atoms with Crippen LogP contribution in [-0.2, 0) is 11.8 Å². The van der Waals surface area contributed by atoms with Gasteiger partial charge in [-0.15, -0.1) is 0 Å². The highest BCUT2D eigenvalue weighted by Gasteiger charge is 2.32. The van der Waals surface area contributed by atoms with E-state index in [1.165, 1.54) is 0 Å². The summed E-state index contributed by atoms with van der Waals surface area (Å²) in [6.45, 7) is 8.27. The number of fused-ring (bicyclic) bond motifs is 1. The molecule has 0 spiro atoms. The standard InChI is InChI=1S/C21H27N7O/c1-14-7-5-6-8-17(14)25-18(29)11-27-9-15(2)28(16(3)10-27)21-19-20(22-12-23-21)26(4)13-24-19/h5-8,12-13,15-16H,9-11H2,1-4H3,(H,25,29). The van der Waals surface area contributed by atoms with Crippen LogP contribution < -0.4 is 10.2 Å². The lowest BCUT2D eigenvalue weighted by Crippen LogP contribution is -2.58. The molecule has 2 unspecified atom stereocenters. The van der Waals surface area contributed by atoms with Crippen molar-refractivity contribution in [1.29, 1.82) is 0 Å². The minimum Gasteiger partial charge on any atom is -0.347 e. The molecule has 3 aromatic rings.